The van der Waals surface area contributed by atoms with Gasteiger partial charge in [0.2, 0.25) is 0 Å². The molecule has 0 fully saturated rings. The van der Waals surface area contributed by atoms with E-state index in [-0.39, 0.29) is 5.91 Å². The molecule has 188 valence electrons. The van der Waals surface area contributed by atoms with E-state index in [1.807, 2.05) is 60.8 Å². The second kappa shape index (κ2) is 12.8. The van der Waals surface area contributed by atoms with Gasteiger partial charge in [0.05, 0.1) is 23.0 Å². The molecule has 0 bridgehead atoms. The molecule has 1 heterocycles. The van der Waals surface area contributed by atoms with Crippen molar-refractivity contribution in [3.63, 3.8) is 0 Å². The Balaban J connectivity index is 1.38. The topological polar surface area (TPSA) is 84.8 Å². The summed E-state index contributed by atoms with van der Waals surface area (Å²) in [5.41, 5.74) is 6.53. The smallest absolute Gasteiger partial charge is 0.271 e. The average molecular weight is 578 g/mol. The fourth-order valence-corrected chi connectivity index (χ4v) is 4.65. The first-order chi connectivity index (χ1) is 18.1. The van der Waals surface area contributed by atoms with Crippen molar-refractivity contribution in [3.8, 4) is 22.8 Å². The summed E-state index contributed by atoms with van der Waals surface area (Å²) in [7, 11) is 0. The Bertz CT molecular complexity index is 1390. The molecule has 0 atom stereocenters. The van der Waals surface area contributed by atoms with Gasteiger partial charge in [0.1, 0.15) is 6.61 Å². The summed E-state index contributed by atoms with van der Waals surface area (Å²) >= 11 is 5.03. The molecule has 0 radical (unpaired) electrons. The summed E-state index contributed by atoms with van der Waals surface area (Å²) in [6.07, 6.45) is 3.21. The number of nitrogens with one attached hydrogen (secondary N) is 2. The number of thiazole rings is 1. The fourth-order valence-electron chi connectivity index (χ4n) is 3.34. The van der Waals surface area contributed by atoms with Gasteiger partial charge in [-0.25, -0.2) is 10.4 Å². The molecule has 0 saturated carbocycles. The summed E-state index contributed by atoms with van der Waals surface area (Å²) in [5, 5.41) is 10.2. The van der Waals surface area contributed by atoms with Crippen LogP contribution in [0.4, 0.5) is 10.8 Å². The molecule has 1 aromatic heterocycles. The lowest BCUT2D eigenvalue weighted by molar-refractivity contribution is 0.0955. The molecule has 0 unspecified atom stereocenters. The van der Waals surface area contributed by atoms with Crippen molar-refractivity contribution >= 4 is 50.2 Å². The van der Waals surface area contributed by atoms with Crippen molar-refractivity contribution < 1.29 is 14.3 Å². The number of benzene rings is 3. The van der Waals surface area contributed by atoms with Crippen LogP contribution in [0.1, 0.15) is 22.8 Å². The number of ether oxygens (including phenoxy) is 2. The van der Waals surface area contributed by atoms with Crippen LogP contribution in [0.15, 0.2) is 94.3 Å². The van der Waals surface area contributed by atoms with Crippen molar-refractivity contribution in [2.75, 3.05) is 18.5 Å². The third-order valence-corrected chi connectivity index (χ3v) is 6.38. The molecule has 37 heavy (non-hydrogen) atoms. The maximum absolute atomic E-state index is 12.6. The van der Waals surface area contributed by atoms with Gasteiger partial charge in [-0.3, -0.25) is 4.79 Å². The van der Waals surface area contributed by atoms with Crippen LogP contribution in [0.5, 0.6) is 11.5 Å². The normalized spacial score (nSPS) is 10.8. The zero-order valence-electron chi connectivity index (χ0n) is 20.1. The number of para-hydroxylation sites is 1. The minimum Gasteiger partial charge on any atom is -0.490 e. The molecule has 9 heteroatoms. The van der Waals surface area contributed by atoms with Crippen molar-refractivity contribution in [2.45, 2.75) is 6.92 Å². The molecule has 1 amide bonds. The molecule has 3 aromatic carbocycles. The SMILES string of the molecule is C=CCOc1c(Br)cc(/C=N\NC(=O)c2ccc(-c3csc(Nc4ccccc4)n3)cc2)cc1OCC. The highest BCUT2D eigenvalue weighted by atomic mass is 79.9. The lowest BCUT2D eigenvalue weighted by Crippen LogP contribution is -2.17. The van der Waals surface area contributed by atoms with E-state index in [1.165, 1.54) is 11.3 Å². The van der Waals surface area contributed by atoms with E-state index in [0.29, 0.717) is 34.7 Å². The zero-order valence-corrected chi connectivity index (χ0v) is 22.5. The Kier molecular flexibility index (Phi) is 9.07. The molecule has 7 nitrogen and oxygen atoms in total. The predicted molar refractivity (Wildman–Crippen MR) is 153 cm³/mol. The minimum atomic E-state index is -0.317. The third kappa shape index (κ3) is 7.05. The molecule has 0 spiro atoms. The van der Waals surface area contributed by atoms with Gasteiger partial charge >= 0.3 is 0 Å². The quantitative estimate of drug-likeness (QED) is 0.113. The lowest BCUT2D eigenvalue weighted by Gasteiger charge is -2.13. The number of aromatic nitrogens is 1. The Hall–Kier alpha value is -3.95. The summed E-state index contributed by atoms with van der Waals surface area (Å²) in [4.78, 5) is 17.2. The van der Waals surface area contributed by atoms with Crippen molar-refractivity contribution in [3.05, 3.63) is 100 Å². The number of rotatable bonds is 11. The second-order valence-electron chi connectivity index (χ2n) is 7.67. The molecule has 0 aliphatic heterocycles. The largest absolute Gasteiger partial charge is 0.490 e. The van der Waals surface area contributed by atoms with E-state index in [1.54, 1.807) is 30.5 Å². The Labute approximate surface area is 228 Å². The Morgan fingerprint density at radius 1 is 1.14 bits per heavy atom. The van der Waals surface area contributed by atoms with Crippen molar-refractivity contribution in [1.82, 2.24) is 10.4 Å². The molecule has 4 aromatic rings. The second-order valence-corrected chi connectivity index (χ2v) is 9.38. The summed E-state index contributed by atoms with van der Waals surface area (Å²) in [6.45, 7) is 6.40. The number of hydrogen-bond donors (Lipinski definition) is 2. The number of nitrogens with zero attached hydrogens (tertiary/aromatic N) is 2. The van der Waals surface area contributed by atoms with E-state index in [2.05, 4.69) is 43.3 Å². The van der Waals surface area contributed by atoms with Crippen LogP contribution >= 0.6 is 27.3 Å². The first-order valence-electron chi connectivity index (χ1n) is 11.5. The van der Waals surface area contributed by atoms with Gasteiger partial charge < -0.3 is 14.8 Å². The van der Waals surface area contributed by atoms with Crippen molar-refractivity contribution in [1.29, 1.82) is 0 Å². The third-order valence-electron chi connectivity index (χ3n) is 5.03. The minimum absolute atomic E-state index is 0.317. The standard InChI is InChI=1S/C28H25BrN4O3S/c1-3-14-36-26-23(29)15-19(16-25(26)35-4-2)17-30-33-27(34)21-12-10-20(11-13-21)24-18-37-28(32-24)31-22-8-6-5-7-9-22/h3,5-13,15-18H,1,4,14H2,2H3,(H,31,32)(H,33,34)/b30-17-. The first kappa shape index (κ1) is 26.1. The number of hydrogen-bond acceptors (Lipinski definition) is 7. The highest BCUT2D eigenvalue weighted by molar-refractivity contribution is 9.10. The number of carbonyl (C=O) groups excluding carboxylic acids is 1. The molecule has 0 aliphatic rings. The maximum Gasteiger partial charge on any atom is 0.271 e. The number of hydrazone groups is 1. The summed E-state index contributed by atoms with van der Waals surface area (Å²) in [6, 6.07) is 20.8. The molecule has 0 aliphatic carbocycles. The van der Waals surface area contributed by atoms with Crippen LogP contribution in [0.3, 0.4) is 0 Å². The predicted octanol–water partition coefficient (Wildman–Crippen LogP) is 7.04. The van der Waals surface area contributed by atoms with E-state index in [0.717, 1.165) is 27.6 Å². The average Bonchev–Trinajstić information content (AvgIpc) is 3.37. The number of amides is 1. The van der Waals surface area contributed by atoms with Gasteiger partial charge in [0, 0.05) is 22.2 Å². The zero-order chi connectivity index (χ0) is 26.0. The van der Waals surface area contributed by atoms with Gasteiger partial charge in [-0.2, -0.15) is 5.10 Å². The monoisotopic (exact) mass is 576 g/mol. The van der Waals surface area contributed by atoms with Gasteiger partial charge in [-0.05, 0) is 64.8 Å². The Morgan fingerprint density at radius 3 is 2.65 bits per heavy atom. The summed E-state index contributed by atoms with van der Waals surface area (Å²) in [5.74, 6) is 0.847. The van der Waals surface area contributed by atoms with Gasteiger partial charge in [0.15, 0.2) is 16.6 Å². The van der Waals surface area contributed by atoms with Crippen molar-refractivity contribution in [2.24, 2.45) is 5.10 Å². The van der Waals surface area contributed by atoms with E-state index >= 15 is 0 Å². The fraction of sp³-hybridized carbons (Fsp3) is 0.107. The molecule has 2 N–H and O–H groups in total. The van der Waals surface area contributed by atoms with E-state index in [9.17, 15) is 4.79 Å². The van der Waals surface area contributed by atoms with E-state index < -0.39 is 0 Å². The highest BCUT2D eigenvalue weighted by Gasteiger charge is 2.12. The van der Waals surface area contributed by atoms with E-state index in [4.69, 9.17) is 9.47 Å². The van der Waals surface area contributed by atoms with Crippen LogP contribution in [0, 0.1) is 0 Å². The molecular weight excluding hydrogens is 552 g/mol. The van der Waals surface area contributed by atoms with Gasteiger partial charge in [0.25, 0.3) is 5.91 Å². The highest BCUT2D eigenvalue weighted by Crippen LogP contribution is 2.36. The van der Waals surface area contributed by atoms with Gasteiger partial charge in [-0.1, -0.05) is 43.0 Å². The first-order valence-corrected chi connectivity index (χ1v) is 13.2. The number of anilines is 2. The molecular formula is C28H25BrN4O3S. The Morgan fingerprint density at radius 2 is 1.92 bits per heavy atom. The van der Waals surface area contributed by atoms with Crippen LogP contribution in [0.25, 0.3) is 11.3 Å². The van der Waals surface area contributed by atoms with Crippen LogP contribution in [-0.2, 0) is 0 Å². The molecule has 4 rings (SSSR count). The van der Waals surface area contributed by atoms with Crippen LogP contribution in [-0.4, -0.2) is 30.3 Å². The van der Waals surface area contributed by atoms with Crippen LogP contribution < -0.4 is 20.2 Å². The number of carbonyl (C=O) groups is 1. The van der Waals surface area contributed by atoms with Crippen LogP contribution in [0.2, 0.25) is 0 Å². The molecule has 0 saturated heterocycles. The summed E-state index contributed by atoms with van der Waals surface area (Å²) < 4.78 is 12.1. The number of halogens is 1. The van der Waals surface area contributed by atoms with Gasteiger partial charge in [-0.15, -0.1) is 11.3 Å². The lowest BCUT2D eigenvalue weighted by atomic mass is 10.1. The maximum atomic E-state index is 12.6.